The summed E-state index contributed by atoms with van der Waals surface area (Å²) in [6.45, 7) is 5.85. The van der Waals surface area contributed by atoms with Gasteiger partial charge < -0.3 is 15.3 Å². The molecule has 0 aliphatic carbocycles. The maximum Gasteiger partial charge on any atom is 0.337 e. The lowest BCUT2D eigenvalue weighted by molar-refractivity contribution is 0.0698. The molecule has 0 saturated carbocycles. The fourth-order valence-electron chi connectivity index (χ4n) is 4.79. The Morgan fingerprint density at radius 1 is 1.18 bits per heavy atom. The Hall–Kier alpha value is -4.12. The molecule has 8 heteroatoms. The third-order valence-electron chi connectivity index (χ3n) is 6.41. The third-order valence-corrected chi connectivity index (χ3v) is 6.41. The van der Waals surface area contributed by atoms with E-state index in [-0.39, 0.29) is 11.6 Å². The number of anilines is 2. The second kappa shape index (κ2) is 8.67. The highest BCUT2D eigenvalue weighted by Gasteiger charge is 2.22. The Labute approximate surface area is 197 Å². The minimum atomic E-state index is -0.974. The molecule has 0 bridgehead atoms. The average Bonchev–Trinajstić information content (AvgIpc) is 3.29. The Kier molecular flexibility index (Phi) is 5.54. The molecular formula is C26H26N6O2. The summed E-state index contributed by atoms with van der Waals surface area (Å²) in [4.78, 5) is 23.7. The molecule has 1 aliphatic rings. The zero-order chi connectivity index (χ0) is 23.8. The zero-order valence-corrected chi connectivity index (χ0v) is 19.2. The van der Waals surface area contributed by atoms with Crippen LogP contribution in [0.3, 0.4) is 0 Å². The van der Waals surface area contributed by atoms with Gasteiger partial charge in [-0.25, -0.2) is 14.8 Å². The standard InChI is InChI=1S/C26H26N6O2/c1-16-12-20(17(2)28-22-9-5-4-8-19(22)25(33)34)23-21(13-16)24-29-18(14-27)15-32(24)26(30-23)31-10-6-3-7-11-31/h4-5,8-9,12-13,15,17,28H,3,6-7,10-11H2,1-2H3,(H,33,34)/t17-/m1/s1. The number of carbonyl (C=O) groups is 1. The summed E-state index contributed by atoms with van der Waals surface area (Å²) >= 11 is 0. The Morgan fingerprint density at radius 3 is 2.68 bits per heavy atom. The van der Waals surface area contributed by atoms with Gasteiger partial charge in [0.15, 0.2) is 11.3 Å². The highest BCUT2D eigenvalue weighted by atomic mass is 16.4. The summed E-state index contributed by atoms with van der Waals surface area (Å²) in [5.74, 6) is -0.183. The number of aromatic nitrogens is 3. The maximum atomic E-state index is 11.7. The lowest BCUT2D eigenvalue weighted by Crippen LogP contribution is -2.32. The monoisotopic (exact) mass is 454 g/mol. The molecule has 0 amide bonds. The number of nitrogens with zero attached hydrogens (tertiary/aromatic N) is 5. The fraction of sp³-hybridized carbons (Fsp3) is 0.308. The smallest absolute Gasteiger partial charge is 0.337 e. The van der Waals surface area contributed by atoms with E-state index in [1.54, 1.807) is 24.4 Å². The first-order valence-corrected chi connectivity index (χ1v) is 11.5. The molecule has 1 fully saturated rings. The minimum absolute atomic E-state index is 0.211. The van der Waals surface area contributed by atoms with Gasteiger partial charge in [0.2, 0.25) is 5.95 Å². The number of aryl methyl sites for hydroxylation is 1. The quantitative estimate of drug-likeness (QED) is 0.441. The van der Waals surface area contributed by atoms with Gasteiger partial charge in [0.1, 0.15) is 6.07 Å². The summed E-state index contributed by atoms with van der Waals surface area (Å²) in [7, 11) is 0. The van der Waals surface area contributed by atoms with E-state index < -0.39 is 5.97 Å². The molecule has 2 aromatic heterocycles. The van der Waals surface area contributed by atoms with E-state index in [0.717, 1.165) is 53.9 Å². The molecule has 1 atom stereocenters. The van der Waals surface area contributed by atoms with E-state index in [9.17, 15) is 15.2 Å². The highest BCUT2D eigenvalue weighted by Crippen LogP contribution is 2.33. The molecule has 2 aromatic carbocycles. The van der Waals surface area contributed by atoms with Crippen molar-refractivity contribution in [3.05, 3.63) is 65.0 Å². The van der Waals surface area contributed by atoms with Crippen molar-refractivity contribution in [2.45, 2.75) is 39.2 Å². The van der Waals surface area contributed by atoms with Crippen LogP contribution in [0.1, 0.15) is 59.4 Å². The minimum Gasteiger partial charge on any atom is -0.478 e. The topological polar surface area (TPSA) is 107 Å². The van der Waals surface area contributed by atoms with Crippen LogP contribution < -0.4 is 10.2 Å². The van der Waals surface area contributed by atoms with Crippen molar-refractivity contribution >= 4 is 34.2 Å². The SMILES string of the molecule is Cc1cc([C@@H](C)Nc2ccccc2C(=O)O)c2nc(N3CCCCC3)n3cc(C#N)nc3c2c1. The Balaban J connectivity index is 1.69. The van der Waals surface area contributed by atoms with Crippen molar-refractivity contribution in [2.24, 2.45) is 0 Å². The molecule has 0 radical (unpaired) electrons. The van der Waals surface area contributed by atoms with Crippen molar-refractivity contribution in [1.82, 2.24) is 14.4 Å². The second-order valence-electron chi connectivity index (χ2n) is 8.86. The number of imidazole rings is 1. The summed E-state index contributed by atoms with van der Waals surface area (Å²) in [6.07, 6.45) is 5.17. The van der Waals surface area contributed by atoms with Crippen molar-refractivity contribution in [3.8, 4) is 6.07 Å². The number of nitriles is 1. The van der Waals surface area contributed by atoms with Gasteiger partial charge in [-0.2, -0.15) is 5.26 Å². The number of rotatable bonds is 5. The van der Waals surface area contributed by atoms with Crippen LogP contribution in [0.15, 0.2) is 42.6 Å². The second-order valence-corrected chi connectivity index (χ2v) is 8.86. The van der Waals surface area contributed by atoms with Crippen LogP contribution in [0.2, 0.25) is 0 Å². The van der Waals surface area contributed by atoms with Crippen molar-refractivity contribution < 1.29 is 9.90 Å². The number of hydrogen-bond acceptors (Lipinski definition) is 6. The molecule has 1 saturated heterocycles. The number of para-hydroxylation sites is 1. The van der Waals surface area contributed by atoms with E-state index in [0.29, 0.717) is 17.0 Å². The van der Waals surface area contributed by atoms with Gasteiger partial charge in [0.25, 0.3) is 0 Å². The number of aromatic carboxylic acids is 1. The van der Waals surface area contributed by atoms with Gasteiger partial charge in [0, 0.05) is 29.7 Å². The van der Waals surface area contributed by atoms with E-state index in [1.807, 2.05) is 30.4 Å². The number of carboxylic acid groups (broad SMARTS) is 1. The van der Waals surface area contributed by atoms with Crippen molar-refractivity contribution in [3.63, 3.8) is 0 Å². The molecule has 3 heterocycles. The van der Waals surface area contributed by atoms with Gasteiger partial charge in [-0.1, -0.05) is 18.2 Å². The molecule has 4 aromatic rings. The third kappa shape index (κ3) is 3.79. The molecule has 1 aliphatic heterocycles. The van der Waals surface area contributed by atoms with Crippen molar-refractivity contribution in [2.75, 3.05) is 23.3 Å². The van der Waals surface area contributed by atoms with E-state index in [4.69, 9.17) is 4.98 Å². The average molecular weight is 455 g/mol. The normalized spacial score (nSPS) is 14.8. The Bertz CT molecular complexity index is 1450. The molecule has 0 spiro atoms. The fourth-order valence-corrected chi connectivity index (χ4v) is 4.79. The molecule has 5 rings (SSSR count). The number of fused-ring (bicyclic) bond motifs is 3. The number of piperidine rings is 1. The van der Waals surface area contributed by atoms with Crippen LogP contribution >= 0.6 is 0 Å². The van der Waals surface area contributed by atoms with Gasteiger partial charge in [0.05, 0.1) is 23.3 Å². The van der Waals surface area contributed by atoms with Crippen LogP contribution in [0.25, 0.3) is 16.6 Å². The van der Waals surface area contributed by atoms with Crippen LogP contribution in [0.5, 0.6) is 0 Å². The summed E-state index contributed by atoms with van der Waals surface area (Å²) in [6, 6.07) is 13.0. The number of nitrogens with one attached hydrogen (secondary N) is 1. The van der Waals surface area contributed by atoms with E-state index in [2.05, 4.69) is 27.3 Å². The van der Waals surface area contributed by atoms with Gasteiger partial charge in [-0.15, -0.1) is 0 Å². The summed E-state index contributed by atoms with van der Waals surface area (Å²) < 4.78 is 1.94. The molecule has 8 nitrogen and oxygen atoms in total. The molecule has 2 N–H and O–H groups in total. The predicted octanol–water partition coefficient (Wildman–Crippen LogP) is 4.92. The molecular weight excluding hydrogens is 428 g/mol. The molecule has 34 heavy (non-hydrogen) atoms. The van der Waals surface area contributed by atoms with E-state index >= 15 is 0 Å². The van der Waals surface area contributed by atoms with Crippen molar-refractivity contribution in [1.29, 1.82) is 5.26 Å². The predicted molar refractivity (Wildman–Crippen MR) is 131 cm³/mol. The van der Waals surface area contributed by atoms with E-state index in [1.165, 1.54) is 6.42 Å². The first kappa shape index (κ1) is 21.7. The maximum absolute atomic E-state index is 11.7. The lowest BCUT2D eigenvalue weighted by atomic mass is 10.0. The zero-order valence-electron chi connectivity index (χ0n) is 19.2. The van der Waals surface area contributed by atoms with Crippen LogP contribution in [-0.4, -0.2) is 38.5 Å². The Morgan fingerprint density at radius 2 is 1.94 bits per heavy atom. The lowest BCUT2D eigenvalue weighted by Gasteiger charge is -2.29. The van der Waals surface area contributed by atoms with Gasteiger partial charge in [-0.3, -0.25) is 4.40 Å². The number of carboxylic acids is 1. The first-order valence-electron chi connectivity index (χ1n) is 11.5. The van der Waals surface area contributed by atoms with Crippen LogP contribution in [-0.2, 0) is 0 Å². The van der Waals surface area contributed by atoms with Gasteiger partial charge >= 0.3 is 5.97 Å². The van der Waals surface area contributed by atoms with Crippen LogP contribution in [0, 0.1) is 18.3 Å². The van der Waals surface area contributed by atoms with Crippen LogP contribution in [0.4, 0.5) is 11.6 Å². The summed E-state index contributed by atoms with van der Waals surface area (Å²) in [5, 5.41) is 23.4. The first-order chi connectivity index (χ1) is 16.5. The number of hydrogen-bond donors (Lipinski definition) is 2. The number of benzene rings is 2. The van der Waals surface area contributed by atoms with Gasteiger partial charge in [-0.05, 0) is 56.9 Å². The largest absolute Gasteiger partial charge is 0.478 e. The summed E-state index contributed by atoms with van der Waals surface area (Å²) in [5.41, 5.74) is 4.66. The highest BCUT2D eigenvalue weighted by molar-refractivity contribution is 5.97. The molecule has 172 valence electrons. The molecule has 0 unspecified atom stereocenters.